The highest BCUT2D eigenvalue weighted by Gasteiger charge is 2.18. The van der Waals surface area contributed by atoms with Gasteiger partial charge in [0, 0.05) is 28.0 Å². The first-order valence-electron chi connectivity index (χ1n) is 10.9. The van der Waals surface area contributed by atoms with Crippen molar-refractivity contribution in [2.75, 3.05) is 11.9 Å². The number of rotatable bonds is 6. The number of halogens is 2. The molecular formula is C25H18Cl2N6O3. The topological polar surface area (TPSA) is 114 Å². The number of aromatic amines is 1. The van der Waals surface area contributed by atoms with Crippen LogP contribution in [0, 0.1) is 0 Å². The van der Waals surface area contributed by atoms with Gasteiger partial charge in [-0.3, -0.25) is 9.89 Å². The molecule has 0 saturated carbocycles. The fourth-order valence-corrected chi connectivity index (χ4v) is 4.20. The summed E-state index contributed by atoms with van der Waals surface area (Å²) in [6.07, 6.45) is 3.02. The molecule has 2 aromatic carbocycles. The number of anilines is 1. The summed E-state index contributed by atoms with van der Waals surface area (Å²) in [5.74, 6) is -0.864. The molecule has 11 heteroatoms. The minimum atomic E-state index is -0.489. The summed E-state index contributed by atoms with van der Waals surface area (Å²) in [4.78, 5) is 29.4. The Balaban J connectivity index is 1.40. The predicted molar refractivity (Wildman–Crippen MR) is 136 cm³/mol. The number of carbonyl (C=O) groups is 2. The van der Waals surface area contributed by atoms with Crippen molar-refractivity contribution >= 4 is 46.4 Å². The smallest absolute Gasteiger partial charge is 0.343 e. The molecule has 36 heavy (non-hydrogen) atoms. The molecule has 0 bridgehead atoms. The summed E-state index contributed by atoms with van der Waals surface area (Å²) in [5.41, 5.74) is 4.10. The lowest BCUT2D eigenvalue weighted by Crippen LogP contribution is -2.12. The molecule has 0 radical (unpaired) electrons. The van der Waals surface area contributed by atoms with Crippen molar-refractivity contribution in [3.05, 3.63) is 88.3 Å². The summed E-state index contributed by atoms with van der Waals surface area (Å²) in [5, 5.41) is 15.1. The van der Waals surface area contributed by atoms with Crippen LogP contribution in [0.4, 0.5) is 5.69 Å². The lowest BCUT2D eigenvalue weighted by Gasteiger charge is -2.08. The molecule has 2 N–H and O–H groups in total. The van der Waals surface area contributed by atoms with Crippen molar-refractivity contribution in [3.8, 4) is 22.5 Å². The van der Waals surface area contributed by atoms with Gasteiger partial charge in [0.25, 0.3) is 5.91 Å². The molecule has 0 aliphatic carbocycles. The highest BCUT2D eigenvalue weighted by Crippen LogP contribution is 2.30. The number of amides is 1. The second kappa shape index (κ2) is 9.80. The van der Waals surface area contributed by atoms with E-state index in [0.717, 1.165) is 5.56 Å². The Hall–Kier alpha value is -4.21. The third-order valence-corrected chi connectivity index (χ3v) is 5.89. The van der Waals surface area contributed by atoms with Crippen LogP contribution in [-0.2, 0) is 4.74 Å². The zero-order valence-corrected chi connectivity index (χ0v) is 20.3. The van der Waals surface area contributed by atoms with E-state index >= 15 is 0 Å². The van der Waals surface area contributed by atoms with Crippen molar-refractivity contribution in [2.24, 2.45) is 0 Å². The zero-order chi connectivity index (χ0) is 25.2. The van der Waals surface area contributed by atoms with Gasteiger partial charge in [0.2, 0.25) is 0 Å². The highest BCUT2D eigenvalue weighted by atomic mass is 35.5. The molecule has 1 amide bonds. The van der Waals surface area contributed by atoms with Crippen LogP contribution >= 0.6 is 23.2 Å². The second-order valence-electron chi connectivity index (χ2n) is 7.67. The molecule has 9 nitrogen and oxygen atoms in total. The Morgan fingerprint density at radius 3 is 2.78 bits per heavy atom. The number of benzene rings is 2. The number of fused-ring (bicyclic) bond motifs is 1. The highest BCUT2D eigenvalue weighted by molar-refractivity contribution is 6.36. The number of H-pyrrole nitrogens is 1. The van der Waals surface area contributed by atoms with Crippen LogP contribution in [0.5, 0.6) is 0 Å². The van der Waals surface area contributed by atoms with Crippen molar-refractivity contribution in [2.45, 2.75) is 6.92 Å². The minimum absolute atomic E-state index is 0.252. The molecule has 180 valence electrons. The number of aromatic nitrogens is 5. The Morgan fingerprint density at radius 1 is 1.11 bits per heavy atom. The number of hydrogen-bond donors (Lipinski definition) is 2. The van der Waals surface area contributed by atoms with Gasteiger partial charge in [-0.05, 0) is 49.4 Å². The number of nitrogens with zero attached hydrogens (tertiary/aromatic N) is 4. The van der Waals surface area contributed by atoms with Crippen molar-refractivity contribution in [1.82, 2.24) is 24.8 Å². The van der Waals surface area contributed by atoms with Crippen LogP contribution < -0.4 is 5.32 Å². The third kappa shape index (κ3) is 4.53. The van der Waals surface area contributed by atoms with Gasteiger partial charge in [-0.15, -0.1) is 0 Å². The first kappa shape index (κ1) is 23.5. The lowest BCUT2D eigenvalue weighted by atomic mass is 10.1. The standard InChI is InChI=1S/C25H18Cl2N6O3/c1-2-36-25(35)18-13-29-33-22(8-9-28-23(18)33)14-4-3-5-16(10-14)30-24(34)21-12-20(31-32-21)17-7-6-15(26)11-19(17)27/h3-13H,2H2,1H3,(H,30,34)(H,31,32). The van der Waals surface area contributed by atoms with Crippen LogP contribution in [0.1, 0.15) is 27.8 Å². The Kier molecular flexibility index (Phi) is 6.41. The fourth-order valence-electron chi connectivity index (χ4n) is 3.69. The van der Waals surface area contributed by atoms with E-state index in [-0.39, 0.29) is 23.8 Å². The maximum Gasteiger partial charge on any atom is 0.343 e. The van der Waals surface area contributed by atoms with Crippen LogP contribution in [-0.4, -0.2) is 43.3 Å². The number of ether oxygens (including phenoxy) is 1. The number of hydrogen-bond acceptors (Lipinski definition) is 6. The largest absolute Gasteiger partial charge is 0.462 e. The van der Waals surface area contributed by atoms with E-state index in [1.165, 1.54) is 6.20 Å². The second-order valence-corrected chi connectivity index (χ2v) is 8.51. The average Bonchev–Trinajstić information content (AvgIpc) is 3.52. The van der Waals surface area contributed by atoms with Gasteiger partial charge in [-0.25, -0.2) is 14.3 Å². The molecule has 0 saturated heterocycles. The first-order chi connectivity index (χ1) is 17.4. The van der Waals surface area contributed by atoms with Crippen LogP contribution in [0.25, 0.3) is 28.2 Å². The summed E-state index contributed by atoms with van der Waals surface area (Å²) < 4.78 is 6.65. The quantitative estimate of drug-likeness (QED) is 0.285. The van der Waals surface area contributed by atoms with Gasteiger partial charge in [-0.1, -0.05) is 35.3 Å². The van der Waals surface area contributed by atoms with E-state index in [9.17, 15) is 9.59 Å². The Labute approximate surface area is 215 Å². The van der Waals surface area contributed by atoms with Crippen LogP contribution in [0.2, 0.25) is 10.0 Å². The predicted octanol–water partition coefficient (Wildman–Crippen LogP) is 5.52. The van der Waals surface area contributed by atoms with Gasteiger partial charge >= 0.3 is 5.97 Å². The molecule has 0 spiro atoms. The van der Waals surface area contributed by atoms with E-state index in [0.29, 0.717) is 38.3 Å². The van der Waals surface area contributed by atoms with E-state index in [1.54, 1.807) is 66.2 Å². The lowest BCUT2D eigenvalue weighted by molar-refractivity contribution is 0.0528. The van der Waals surface area contributed by atoms with Crippen LogP contribution in [0.15, 0.2) is 67.0 Å². The summed E-state index contributed by atoms with van der Waals surface area (Å²) in [6, 6.07) is 15.7. The van der Waals surface area contributed by atoms with Gasteiger partial charge in [0.15, 0.2) is 5.65 Å². The van der Waals surface area contributed by atoms with Crippen LogP contribution in [0.3, 0.4) is 0 Å². The van der Waals surface area contributed by atoms with E-state index in [2.05, 4.69) is 25.6 Å². The zero-order valence-electron chi connectivity index (χ0n) is 18.8. The molecule has 0 atom stereocenters. The maximum atomic E-state index is 12.9. The maximum absolute atomic E-state index is 12.9. The number of carbonyl (C=O) groups excluding carboxylic acids is 2. The molecular weight excluding hydrogens is 503 g/mol. The third-order valence-electron chi connectivity index (χ3n) is 5.34. The molecule has 5 rings (SSSR count). The van der Waals surface area contributed by atoms with Crippen molar-refractivity contribution < 1.29 is 14.3 Å². The van der Waals surface area contributed by atoms with Gasteiger partial charge in [-0.2, -0.15) is 10.2 Å². The van der Waals surface area contributed by atoms with Gasteiger partial charge in [0.05, 0.1) is 29.2 Å². The van der Waals surface area contributed by atoms with Gasteiger partial charge < -0.3 is 10.1 Å². The van der Waals surface area contributed by atoms with E-state index < -0.39 is 5.97 Å². The minimum Gasteiger partial charge on any atom is -0.462 e. The monoisotopic (exact) mass is 520 g/mol. The average molecular weight is 521 g/mol. The van der Waals surface area contributed by atoms with Crippen molar-refractivity contribution in [1.29, 1.82) is 0 Å². The molecule has 3 heterocycles. The SMILES string of the molecule is CCOC(=O)c1cnn2c(-c3cccc(NC(=O)c4cc(-c5ccc(Cl)cc5Cl)n[nH]4)c3)ccnc12. The molecule has 0 unspecified atom stereocenters. The molecule has 5 aromatic rings. The first-order valence-corrected chi connectivity index (χ1v) is 11.6. The summed E-state index contributed by atoms with van der Waals surface area (Å²) in [7, 11) is 0. The number of esters is 1. The molecule has 0 aliphatic heterocycles. The van der Waals surface area contributed by atoms with Gasteiger partial charge in [0.1, 0.15) is 11.3 Å². The molecule has 3 aromatic heterocycles. The fraction of sp³-hybridized carbons (Fsp3) is 0.0800. The normalized spacial score (nSPS) is 11.0. The molecule has 0 fully saturated rings. The summed E-state index contributed by atoms with van der Waals surface area (Å²) in [6.45, 7) is 1.99. The van der Waals surface area contributed by atoms with E-state index in [4.69, 9.17) is 27.9 Å². The summed E-state index contributed by atoms with van der Waals surface area (Å²) >= 11 is 12.2. The Morgan fingerprint density at radius 2 is 1.97 bits per heavy atom. The number of nitrogens with one attached hydrogen (secondary N) is 2. The van der Waals surface area contributed by atoms with E-state index in [1.807, 2.05) is 6.07 Å². The molecule has 0 aliphatic rings. The van der Waals surface area contributed by atoms with Crippen molar-refractivity contribution in [3.63, 3.8) is 0 Å². The Bertz CT molecular complexity index is 1610.